The van der Waals surface area contributed by atoms with Crippen LogP contribution >= 0.6 is 0 Å². The predicted octanol–water partition coefficient (Wildman–Crippen LogP) is 1.76. The molecule has 0 heterocycles. The van der Waals surface area contributed by atoms with Crippen LogP contribution in [0.1, 0.15) is 21.5 Å². The molecule has 0 atom stereocenters. The van der Waals surface area contributed by atoms with Gasteiger partial charge in [0.2, 0.25) is 5.78 Å². The first-order chi connectivity index (χ1) is 6.52. The van der Waals surface area contributed by atoms with Crippen molar-refractivity contribution in [1.29, 1.82) is 0 Å². The number of rotatable bonds is 3. The van der Waals surface area contributed by atoms with Gasteiger partial charge in [-0.15, -0.1) is 0 Å². The molecular weight excluding hydrogens is 182 g/mol. The van der Waals surface area contributed by atoms with Crippen molar-refractivity contribution in [2.24, 2.45) is 0 Å². The van der Waals surface area contributed by atoms with Gasteiger partial charge >= 0.3 is 0 Å². The monoisotopic (exact) mass is 193 g/mol. The predicted molar refractivity (Wildman–Crippen MR) is 52.1 cm³/mol. The highest BCUT2D eigenvalue weighted by atomic mass is 16.6. The van der Waals surface area contributed by atoms with E-state index in [1.54, 1.807) is 19.1 Å². The Kier molecular flexibility index (Phi) is 2.96. The maximum absolute atomic E-state index is 11.4. The molecule has 14 heavy (non-hydrogen) atoms. The number of carbonyl (C=O) groups excluding carboxylic acids is 1. The molecule has 0 N–H and O–H groups in total. The van der Waals surface area contributed by atoms with Gasteiger partial charge in [-0.3, -0.25) is 14.9 Å². The van der Waals surface area contributed by atoms with Crippen LogP contribution < -0.4 is 0 Å². The number of nitrogens with zero attached hydrogens (tertiary/aromatic N) is 1. The Labute approximate surface area is 81.7 Å². The molecule has 4 nitrogen and oxygen atoms in total. The van der Waals surface area contributed by atoms with E-state index < -0.39 is 17.3 Å². The van der Waals surface area contributed by atoms with E-state index in [1.165, 1.54) is 0 Å². The van der Waals surface area contributed by atoms with E-state index in [9.17, 15) is 14.9 Å². The summed E-state index contributed by atoms with van der Waals surface area (Å²) in [7, 11) is 0. The number of nitro groups is 1. The standard InChI is InChI=1S/C10H11NO3/c1-7-4-3-5-9(8(7)2)10(12)6-11(13)14/h3-5H,6H2,1-2H3. The zero-order valence-corrected chi connectivity index (χ0v) is 8.11. The van der Waals surface area contributed by atoms with Crippen molar-refractivity contribution in [3.63, 3.8) is 0 Å². The molecule has 0 unspecified atom stereocenters. The highest BCUT2D eigenvalue weighted by Gasteiger charge is 2.15. The number of hydrogen-bond acceptors (Lipinski definition) is 3. The zero-order valence-electron chi connectivity index (χ0n) is 8.11. The normalized spacial score (nSPS) is 9.86. The van der Waals surface area contributed by atoms with Crippen molar-refractivity contribution in [2.45, 2.75) is 13.8 Å². The largest absolute Gasteiger partial charge is 0.287 e. The van der Waals surface area contributed by atoms with E-state index in [2.05, 4.69) is 0 Å². The fraction of sp³-hybridized carbons (Fsp3) is 0.300. The molecule has 0 radical (unpaired) electrons. The van der Waals surface area contributed by atoms with Gasteiger partial charge in [0.05, 0.1) is 0 Å². The average Bonchev–Trinajstić information content (AvgIpc) is 2.08. The van der Waals surface area contributed by atoms with Gasteiger partial charge in [0, 0.05) is 10.5 Å². The van der Waals surface area contributed by atoms with Crippen LogP contribution in [0.2, 0.25) is 0 Å². The SMILES string of the molecule is Cc1cccc(C(=O)C[N+](=O)[O-])c1C. The molecule has 0 amide bonds. The van der Waals surface area contributed by atoms with Crippen LogP contribution in [0.15, 0.2) is 18.2 Å². The van der Waals surface area contributed by atoms with Crippen LogP contribution in [0.5, 0.6) is 0 Å². The van der Waals surface area contributed by atoms with Gasteiger partial charge in [0.1, 0.15) is 0 Å². The maximum Gasteiger partial charge on any atom is 0.265 e. The second-order valence-corrected chi connectivity index (χ2v) is 3.16. The lowest BCUT2D eigenvalue weighted by atomic mass is 10.0. The van der Waals surface area contributed by atoms with Gasteiger partial charge in [-0.2, -0.15) is 0 Å². The Morgan fingerprint density at radius 3 is 2.64 bits per heavy atom. The third-order valence-electron chi connectivity index (χ3n) is 2.18. The van der Waals surface area contributed by atoms with E-state index in [0.29, 0.717) is 5.56 Å². The quantitative estimate of drug-likeness (QED) is 0.417. The number of aryl methyl sites for hydroxylation is 1. The molecule has 1 aromatic carbocycles. The smallest absolute Gasteiger partial charge is 0.265 e. The van der Waals surface area contributed by atoms with Crippen molar-refractivity contribution < 1.29 is 9.72 Å². The minimum Gasteiger partial charge on any atom is -0.287 e. The number of hydrogen-bond donors (Lipinski definition) is 0. The third kappa shape index (κ3) is 2.16. The Hall–Kier alpha value is -1.71. The molecule has 0 aliphatic carbocycles. The first kappa shape index (κ1) is 10.4. The van der Waals surface area contributed by atoms with Crippen molar-refractivity contribution in [3.8, 4) is 0 Å². The van der Waals surface area contributed by atoms with Gasteiger partial charge < -0.3 is 0 Å². The zero-order chi connectivity index (χ0) is 10.7. The number of Topliss-reactive ketones (excluding diaryl/α,β-unsaturated/α-hetero) is 1. The summed E-state index contributed by atoms with van der Waals surface area (Å²) >= 11 is 0. The average molecular weight is 193 g/mol. The summed E-state index contributed by atoms with van der Waals surface area (Å²) in [5.41, 5.74) is 2.24. The van der Waals surface area contributed by atoms with Crippen molar-refractivity contribution in [2.75, 3.05) is 6.54 Å². The fourth-order valence-electron chi connectivity index (χ4n) is 1.26. The van der Waals surface area contributed by atoms with Crippen molar-refractivity contribution in [3.05, 3.63) is 45.0 Å². The maximum atomic E-state index is 11.4. The summed E-state index contributed by atoms with van der Waals surface area (Å²) < 4.78 is 0. The van der Waals surface area contributed by atoms with Crippen LogP contribution in [0.3, 0.4) is 0 Å². The molecule has 0 aliphatic rings. The number of benzene rings is 1. The molecular formula is C10H11NO3. The number of ketones is 1. The van der Waals surface area contributed by atoms with Crippen LogP contribution in [0.4, 0.5) is 0 Å². The summed E-state index contributed by atoms with van der Waals surface area (Å²) in [6, 6.07) is 5.22. The van der Waals surface area contributed by atoms with Crippen LogP contribution in [0.25, 0.3) is 0 Å². The minimum absolute atomic E-state index is 0.434. The van der Waals surface area contributed by atoms with E-state index in [1.807, 2.05) is 13.0 Å². The lowest BCUT2D eigenvalue weighted by molar-refractivity contribution is -0.465. The Balaban J connectivity index is 3.01. The molecule has 0 spiro atoms. The summed E-state index contributed by atoms with van der Waals surface area (Å²) in [5, 5.41) is 10.2. The van der Waals surface area contributed by atoms with E-state index in [4.69, 9.17) is 0 Å². The van der Waals surface area contributed by atoms with Crippen molar-refractivity contribution >= 4 is 5.78 Å². The molecule has 0 aliphatic heterocycles. The fourth-order valence-corrected chi connectivity index (χ4v) is 1.26. The number of carbonyl (C=O) groups is 1. The molecule has 0 saturated heterocycles. The third-order valence-corrected chi connectivity index (χ3v) is 2.18. The second-order valence-electron chi connectivity index (χ2n) is 3.16. The molecule has 4 heteroatoms. The first-order valence-corrected chi connectivity index (χ1v) is 4.23. The molecule has 0 aromatic heterocycles. The molecule has 1 rings (SSSR count). The second kappa shape index (κ2) is 4.00. The molecule has 1 aromatic rings. The summed E-state index contributed by atoms with van der Waals surface area (Å²) in [5.74, 6) is -0.434. The van der Waals surface area contributed by atoms with Crippen LogP contribution in [-0.4, -0.2) is 17.3 Å². The summed E-state index contributed by atoms with van der Waals surface area (Å²) in [6.45, 7) is 3.03. The van der Waals surface area contributed by atoms with Gasteiger partial charge in [-0.25, -0.2) is 0 Å². The Morgan fingerprint density at radius 1 is 1.43 bits per heavy atom. The Morgan fingerprint density at radius 2 is 2.07 bits per heavy atom. The molecule has 0 saturated carbocycles. The van der Waals surface area contributed by atoms with E-state index in [0.717, 1.165) is 11.1 Å². The first-order valence-electron chi connectivity index (χ1n) is 4.23. The Bertz CT molecular complexity index is 385. The lowest BCUT2D eigenvalue weighted by Crippen LogP contribution is -2.15. The summed E-state index contributed by atoms with van der Waals surface area (Å²) in [4.78, 5) is 20.9. The summed E-state index contributed by atoms with van der Waals surface area (Å²) in [6.07, 6.45) is 0. The minimum atomic E-state index is -0.635. The highest BCUT2D eigenvalue weighted by Crippen LogP contribution is 2.13. The van der Waals surface area contributed by atoms with Crippen LogP contribution in [-0.2, 0) is 0 Å². The molecule has 0 fully saturated rings. The highest BCUT2D eigenvalue weighted by molar-refractivity contribution is 5.98. The van der Waals surface area contributed by atoms with E-state index >= 15 is 0 Å². The van der Waals surface area contributed by atoms with Crippen LogP contribution in [0, 0.1) is 24.0 Å². The van der Waals surface area contributed by atoms with Gasteiger partial charge in [-0.1, -0.05) is 18.2 Å². The van der Waals surface area contributed by atoms with Gasteiger partial charge in [0.15, 0.2) is 0 Å². The molecule has 74 valence electrons. The van der Waals surface area contributed by atoms with Crippen molar-refractivity contribution in [1.82, 2.24) is 0 Å². The van der Waals surface area contributed by atoms with E-state index in [-0.39, 0.29) is 0 Å². The van der Waals surface area contributed by atoms with Gasteiger partial charge in [0.25, 0.3) is 6.54 Å². The lowest BCUT2D eigenvalue weighted by Gasteiger charge is -2.04. The van der Waals surface area contributed by atoms with Gasteiger partial charge in [-0.05, 0) is 25.0 Å². The molecule has 0 bridgehead atoms. The topological polar surface area (TPSA) is 60.2 Å².